The highest BCUT2D eigenvalue weighted by Crippen LogP contribution is 2.44. The molecule has 0 aliphatic carbocycles. The number of aromatic nitrogens is 1. The first kappa shape index (κ1) is 24.7. The maximum Gasteiger partial charge on any atom is 0.350 e. The fourth-order valence-electron chi connectivity index (χ4n) is 3.76. The van der Waals surface area contributed by atoms with Crippen LogP contribution >= 0.6 is 11.3 Å². The molecule has 0 bridgehead atoms. The molecule has 12 heteroatoms. The molecule has 1 N–H and O–H groups in total. The Morgan fingerprint density at radius 2 is 1.83 bits per heavy atom. The van der Waals surface area contributed by atoms with Gasteiger partial charge in [0.05, 0.1) is 28.8 Å². The third kappa shape index (κ3) is 4.33. The monoisotopic (exact) mass is 511 g/mol. The van der Waals surface area contributed by atoms with Gasteiger partial charge in [-0.25, -0.2) is 14.2 Å². The lowest BCUT2D eigenvalue weighted by atomic mass is 9.95. The molecule has 1 saturated heterocycles. The topological polar surface area (TPSA) is 140 Å². The van der Waals surface area contributed by atoms with E-state index in [-0.39, 0.29) is 44.7 Å². The number of hydrogen-bond acceptors (Lipinski definition) is 9. The maximum atomic E-state index is 13.4. The first-order valence-electron chi connectivity index (χ1n) is 10.6. The summed E-state index contributed by atoms with van der Waals surface area (Å²) in [4.78, 5) is 54.6. The summed E-state index contributed by atoms with van der Waals surface area (Å²) in [6.07, 6.45) is 0. The molecule has 2 aromatic carbocycles. The van der Waals surface area contributed by atoms with E-state index in [1.54, 1.807) is 13.8 Å². The van der Waals surface area contributed by atoms with Crippen LogP contribution in [-0.4, -0.2) is 39.3 Å². The van der Waals surface area contributed by atoms with Gasteiger partial charge in [0, 0.05) is 17.7 Å². The molecule has 0 radical (unpaired) electrons. The smallest absolute Gasteiger partial charge is 0.350 e. The van der Waals surface area contributed by atoms with Crippen molar-refractivity contribution in [2.75, 3.05) is 11.5 Å². The number of thiazole rings is 1. The Bertz CT molecular complexity index is 1410. The van der Waals surface area contributed by atoms with E-state index in [9.17, 15) is 34.0 Å². The summed E-state index contributed by atoms with van der Waals surface area (Å²) in [6.45, 7) is 3.30. The van der Waals surface area contributed by atoms with Crippen LogP contribution in [0, 0.1) is 22.9 Å². The SMILES string of the molecule is CCOC(=O)c1sc(N2C(=O)C(=O)/C(=C(\O)c3ccc(F)cc3)C2c2ccc([N+](=O)[O-])cc2)nc1C. The van der Waals surface area contributed by atoms with Crippen LogP contribution in [-0.2, 0) is 14.3 Å². The summed E-state index contributed by atoms with van der Waals surface area (Å²) in [5.74, 6) is -3.83. The van der Waals surface area contributed by atoms with Crippen LogP contribution in [0.25, 0.3) is 5.76 Å². The third-order valence-corrected chi connectivity index (χ3v) is 6.57. The fraction of sp³-hybridized carbons (Fsp3) is 0.167. The van der Waals surface area contributed by atoms with Gasteiger partial charge < -0.3 is 9.84 Å². The summed E-state index contributed by atoms with van der Waals surface area (Å²) in [7, 11) is 0. The summed E-state index contributed by atoms with van der Waals surface area (Å²) >= 11 is 0.834. The van der Waals surface area contributed by atoms with Gasteiger partial charge in [0.25, 0.3) is 11.5 Å². The molecule has 10 nitrogen and oxygen atoms in total. The number of ether oxygens (including phenoxy) is 1. The zero-order valence-electron chi connectivity index (χ0n) is 18.9. The van der Waals surface area contributed by atoms with Crippen molar-refractivity contribution in [2.45, 2.75) is 19.9 Å². The zero-order chi connectivity index (χ0) is 26.1. The van der Waals surface area contributed by atoms with Crippen LogP contribution in [0.4, 0.5) is 15.2 Å². The molecule has 0 saturated carbocycles. The molecule has 1 aliphatic rings. The van der Waals surface area contributed by atoms with Crippen molar-refractivity contribution in [2.24, 2.45) is 0 Å². The van der Waals surface area contributed by atoms with Gasteiger partial charge >= 0.3 is 11.9 Å². The number of non-ortho nitro benzene ring substituents is 1. The number of nitro benzene ring substituents is 1. The summed E-state index contributed by atoms with van der Waals surface area (Å²) < 4.78 is 18.5. The summed E-state index contributed by atoms with van der Waals surface area (Å²) in [5.41, 5.74) is 0.101. The van der Waals surface area contributed by atoms with Crippen molar-refractivity contribution in [3.8, 4) is 0 Å². The number of nitro groups is 1. The normalized spacial score (nSPS) is 16.9. The lowest BCUT2D eigenvalue weighted by molar-refractivity contribution is -0.384. The van der Waals surface area contributed by atoms with Gasteiger partial charge in [0.15, 0.2) is 5.13 Å². The number of rotatable bonds is 6. The minimum Gasteiger partial charge on any atom is -0.507 e. The highest BCUT2D eigenvalue weighted by atomic mass is 32.1. The molecule has 1 atom stereocenters. The van der Waals surface area contributed by atoms with Crippen LogP contribution < -0.4 is 4.90 Å². The minimum atomic E-state index is -1.23. The van der Waals surface area contributed by atoms with Crippen LogP contribution in [0.3, 0.4) is 0 Å². The Kier molecular flexibility index (Phi) is 6.62. The number of carbonyl (C=O) groups is 3. The van der Waals surface area contributed by atoms with Gasteiger partial charge in [-0.05, 0) is 55.8 Å². The number of ketones is 1. The molecular weight excluding hydrogens is 493 g/mol. The number of aliphatic hydroxyl groups excluding tert-OH is 1. The molecule has 184 valence electrons. The molecule has 1 aliphatic heterocycles. The molecule has 3 aromatic rings. The largest absolute Gasteiger partial charge is 0.507 e. The second-order valence-corrected chi connectivity index (χ2v) is 8.63. The van der Waals surface area contributed by atoms with E-state index in [4.69, 9.17) is 4.74 Å². The first-order chi connectivity index (χ1) is 17.1. The van der Waals surface area contributed by atoms with Gasteiger partial charge in [0.2, 0.25) is 0 Å². The highest BCUT2D eigenvalue weighted by molar-refractivity contribution is 7.17. The number of halogens is 1. The summed E-state index contributed by atoms with van der Waals surface area (Å²) in [5, 5.41) is 22.1. The molecule has 1 fully saturated rings. The molecule has 36 heavy (non-hydrogen) atoms. The molecule has 1 aromatic heterocycles. The second-order valence-electron chi connectivity index (χ2n) is 7.66. The van der Waals surface area contributed by atoms with Crippen molar-refractivity contribution < 1.29 is 33.5 Å². The Hall–Kier alpha value is -4.45. The van der Waals surface area contributed by atoms with Crippen LogP contribution in [0.2, 0.25) is 0 Å². The van der Waals surface area contributed by atoms with Crippen molar-refractivity contribution >= 4 is 45.6 Å². The predicted octanol–water partition coefficient (Wildman–Crippen LogP) is 4.30. The highest BCUT2D eigenvalue weighted by Gasteiger charge is 2.48. The van der Waals surface area contributed by atoms with Crippen molar-refractivity contribution in [1.82, 2.24) is 4.98 Å². The Balaban J connectivity index is 1.91. The van der Waals surface area contributed by atoms with Crippen LogP contribution in [0.1, 0.15) is 39.5 Å². The number of anilines is 1. The number of aliphatic hydroxyl groups is 1. The van der Waals surface area contributed by atoms with E-state index in [0.717, 1.165) is 28.4 Å². The van der Waals surface area contributed by atoms with E-state index in [0.29, 0.717) is 0 Å². The number of amides is 1. The third-order valence-electron chi connectivity index (χ3n) is 5.43. The van der Waals surface area contributed by atoms with E-state index < -0.39 is 40.2 Å². The Labute approximate surface area is 207 Å². The Morgan fingerprint density at radius 1 is 1.19 bits per heavy atom. The molecular formula is C24H18FN3O7S. The molecule has 4 rings (SSSR count). The number of carbonyl (C=O) groups excluding carboxylic acids is 3. The van der Waals surface area contributed by atoms with Crippen molar-refractivity contribution in [3.63, 3.8) is 0 Å². The molecule has 0 spiro atoms. The second kappa shape index (κ2) is 9.66. The predicted molar refractivity (Wildman–Crippen MR) is 127 cm³/mol. The zero-order valence-corrected chi connectivity index (χ0v) is 19.7. The van der Waals surface area contributed by atoms with Gasteiger partial charge in [0.1, 0.15) is 16.5 Å². The fourth-order valence-corrected chi connectivity index (χ4v) is 4.75. The van der Waals surface area contributed by atoms with E-state index in [2.05, 4.69) is 4.98 Å². The van der Waals surface area contributed by atoms with E-state index in [1.165, 1.54) is 36.4 Å². The van der Waals surface area contributed by atoms with Crippen molar-refractivity contribution in [1.29, 1.82) is 0 Å². The van der Waals surface area contributed by atoms with Crippen LogP contribution in [0.5, 0.6) is 0 Å². The van der Waals surface area contributed by atoms with Gasteiger partial charge in [-0.3, -0.25) is 24.6 Å². The van der Waals surface area contributed by atoms with E-state index >= 15 is 0 Å². The van der Waals surface area contributed by atoms with E-state index in [1.807, 2.05) is 0 Å². The molecule has 1 unspecified atom stereocenters. The molecule has 2 heterocycles. The molecule has 1 amide bonds. The Morgan fingerprint density at radius 3 is 2.42 bits per heavy atom. The number of hydrogen-bond donors (Lipinski definition) is 1. The lowest BCUT2D eigenvalue weighted by Gasteiger charge is -2.22. The van der Waals surface area contributed by atoms with Crippen molar-refractivity contribution in [3.05, 3.63) is 91.7 Å². The lowest BCUT2D eigenvalue weighted by Crippen LogP contribution is -2.29. The standard InChI is InChI=1S/C24H18FN3O7S/c1-3-35-23(32)21-12(2)26-24(36-21)27-18(13-6-10-16(11-7-13)28(33)34)17(20(30)22(27)31)19(29)14-4-8-15(25)9-5-14/h4-11,18,29H,3H2,1-2H3/b19-17-. The van der Waals surface area contributed by atoms with Gasteiger partial charge in [-0.1, -0.05) is 11.3 Å². The number of esters is 1. The average molecular weight is 511 g/mol. The van der Waals surface area contributed by atoms with Gasteiger partial charge in [-0.15, -0.1) is 0 Å². The number of benzene rings is 2. The maximum absolute atomic E-state index is 13.4. The summed E-state index contributed by atoms with van der Waals surface area (Å²) in [6, 6.07) is 8.54. The number of nitrogens with zero attached hydrogens (tertiary/aromatic N) is 3. The minimum absolute atomic E-state index is 0.000776. The quantitative estimate of drug-likeness (QED) is 0.129. The van der Waals surface area contributed by atoms with Gasteiger partial charge in [-0.2, -0.15) is 0 Å². The number of aryl methyl sites for hydroxylation is 1. The van der Waals surface area contributed by atoms with Crippen LogP contribution in [0.15, 0.2) is 54.1 Å². The average Bonchev–Trinajstić information content (AvgIpc) is 3.36. The number of Topliss-reactive ketones (excluding diaryl/α,β-unsaturated/α-hetero) is 1. The first-order valence-corrected chi connectivity index (χ1v) is 11.4.